The lowest BCUT2D eigenvalue weighted by atomic mass is 10.0. The van der Waals surface area contributed by atoms with E-state index in [1.807, 2.05) is 17.2 Å². The molecule has 0 radical (unpaired) electrons. The molecule has 0 saturated heterocycles. The number of benzene rings is 2. The Kier molecular flexibility index (Phi) is 3.03. The van der Waals surface area contributed by atoms with E-state index in [1.165, 1.54) is 16.7 Å². The molecule has 2 heteroatoms. The summed E-state index contributed by atoms with van der Waals surface area (Å²) < 4.78 is 0. The highest BCUT2D eigenvalue weighted by Gasteiger charge is 2.16. The average Bonchev–Trinajstić information content (AvgIpc) is 2.41. The highest BCUT2D eigenvalue weighted by Crippen LogP contribution is 2.21. The maximum Gasteiger partial charge on any atom is 0.147 e. The summed E-state index contributed by atoms with van der Waals surface area (Å²) in [5.41, 5.74) is 4.07. The smallest absolute Gasteiger partial charge is 0.147 e. The minimum Gasteiger partial charge on any atom is -0.406 e. The third-order valence-electron chi connectivity index (χ3n) is 3.35. The fraction of sp³-hybridized carbons (Fsp3) is 0.250. The molecule has 2 aromatic rings. The van der Waals surface area contributed by atoms with Gasteiger partial charge in [0.1, 0.15) is 5.75 Å². The third kappa shape index (κ3) is 2.39. The first kappa shape index (κ1) is 11.3. The van der Waals surface area contributed by atoms with Crippen molar-refractivity contribution < 1.29 is 4.84 Å². The predicted molar refractivity (Wildman–Crippen MR) is 72.4 cm³/mol. The molecule has 92 valence electrons. The molecule has 0 aromatic heterocycles. The topological polar surface area (TPSA) is 12.5 Å². The second-order valence-electron chi connectivity index (χ2n) is 4.79. The van der Waals surface area contributed by atoms with Crippen molar-refractivity contribution in [2.24, 2.45) is 0 Å². The van der Waals surface area contributed by atoms with Gasteiger partial charge in [-0.1, -0.05) is 42.0 Å². The molecule has 18 heavy (non-hydrogen) atoms. The highest BCUT2D eigenvalue weighted by atomic mass is 16.7. The Labute approximate surface area is 108 Å². The molecule has 1 aliphatic rings. The summed E-state index contributed by atoms with van der Waals surface area (Å²) in [7, 11) is 0. The zero-order valence-electron chi connectivity index (χ0n) is 10.6. The van der Waals surface area contributed by atoms with Crippen LogP contribution in [0.3, 0.4) is 0 Å². The number of nitrogens with zero attached hydrogens (tertiary/aromatic N) is 1. The SMILES string of the molecule is Cc1ccc(ON2CCc3ccccc3C2)cc1. The number of aryl methyl sites for hydroxylation is 1. The molecule has 0 aliphatic carbocycles. The van der Waals surface area contributed by atoms with Crippen molar-refractivity contribution in [3.63, 3.8) is 0 Å². The highest BCUT2D eigenvalue weighted by molar-refractivity contribution is 5.29. The molecule has 0 unspecified atom stereocenters. The van der Waals surface area contributed by atoms with Gasteiger partial charge >= 0.3 is 0 Å². The van der Waals surface area contributed by atoms with Gasteiger partial charge in [-0.05, 0) is 36.6 Å². The van der Waals surface area contributed by atoms with Crippen molar-refractivity contribution in [3.05, 3.63) is 65.2 Å². The quantitative estimate of drug-likeness (QED) is 0.797. The largest absolute Gasteiger partial charge is 0.406 e. The number of hydrogen-bond donors (Lipinski definition) is 0. The lowest BCUT2D eigenvalue weighted by Gasteiger charge is -2.28. The van der Waals surface area contributed by atoms with Crippen LogP contribution in [0.4, 0.5) is 0 Å². The summed E-state index contributed by atoms with van der Waals surface area (Å²) in [6, 6.07) is 16.8. The molecule has 0 atom stereocenters. The van der Waals surface area contributed by atoms with Crippen molar-refractivity contribution in [3.8, 4) is 5.75 Å². The fourth-order valence-corrected chi connectivity index (χ4v) is 2.30. The first-order chi connectivity index (χ1) is 8.81. The lowest BCUT2D eigenvalue weighted by molar-refractivity contribution is -0.0711. The van der Waals surface area contributed by atoms with Gasteiger partial charge in [-0.15, -0.1) is 5.06 Å². The zero-order valence-corrected chi connectivity index (χ0v) is 10.6. The van der Waals surface area contributed by atoms with Crippen LogP contribution < -0.4 is 4.84 Å². The van der Waals surface area contributed by atoms with E-state index in [1.54, 1.807) is 0 Å². The van der Waals surface area contributed by atoms with E-state index in [0.29, 0.717) is 0 Å². The van der Waals surface area contributed by atoms with Gasteiger partial charge in [0, 0.05) is 6.54 Å². The van der Waals surface area contributed by atoms with E-state index >= 15 is 0 Å². The number of hydroxylamine groups is 2. The average molecular weight is 239 g/mol. The van der Waals surface area contributed by atoms with Crippen LogP contribution in [0, 0.1) is 6.92 Å². The molecule has 1 heterocycles. The number of rotatable bonds is 2. The van der Waals surface area contributed by atoms with Gasteiger partial charge in [0.05, 0.1) is 6.54 Å². The molecule has 1 aliphatic heterocycles. The molecular formula is C16H17NO. The first-order valence-electron chi connectivity index (χ1n) is 6.37. The van der Waals surface area contributed by atoms with Crippen molar-refractivity contribution in [2.45, 2.75) is 19.9 Å². The molecule has 0 amide bonds. The maximum absolute atomic E-state index is 5.90. The van der Waals surface area contributed by atoms with Gasteiger partial charge in [0.15, 0.2) is 0 Å². The van der Waals surface area contributed by atoms with Crippen LogP contribution in [-0.2, 0) is 13.0 Å². The van der Waals surface area contributed by atoms with E-state index in [0.717, 1.165) is 25.3 Å². The fourth-order valence-electron chi connectivity index (χ4n) is 2.30. The Hall–Kier alpha value is -1.80. The van der Waals surface area contributed by atoms with Crippen LogP contribution in [0.5, 0.6) is 5.75 Å². The molecule has 0 saturated carbocycles. The van der Waals surface area contributed by atoms with Crippen molar-refractivity contribution in [1.29, 1.82) is 0 Å². The minimum absolute atomic E-state index is 0.865. The second-order valence-corrected chi connectivity index (χ2v) is 4.79. The molecule has 3 rings (SSSR count). The Morgan fingerprint density at radius 2 is 1.67 bits per heavy atom. The van der Waals surface area contributed by atoms with Gasteiger partial charge < -0.3 is 4.84 Å². The zero-order chi connectivity index (χ0) is 12.4. The van der Waals surface area contributed by atoms with Crippen LogP contribution >= 0.6 is 0 Å². The first-order valence-corrected chi connectivity index (χ1v) is 6.37. The minimum atomic E-state index is 0.865. The summed E-state index contributed by atoms with van der Waals surface area (Å²) in [4.78, 5) is 5.90. The molecule has 0 spiro atoms. The van der Waals surface area contributed by atoms with E-state index < -0.39 is 0 Å². The standard InChI is InChI=1S/C16H17NO/c1-13-6-8-16(9-7-13)18-17-11-10-14-4-2-3-5-15(14)12-17/h2-9H,10-12H2,1H3. The van der Waals surface area contributed by atoms with Gasteiger partial charge in [-0.2, -0.15) is 0 Å². The van der Waals surface area contributed by atoms with Crippen LogP contribution in [0.2, 0.25) is 0 Å². The van der Waals surface area contributed by atoms with E-state index in [9.17, 15) is 0 Å². The van der Waals surface area contributed by atoms with Crippen molar-refractivity contribution in [1.82, 2.24) is 5.06 Å². The summed E-state index contributed by atoms with van der Waals surface area (Å²) >= 11 is 0. The normalized spacial score (nSPS) is 15.2. The molecule has 0 bridgehead atoms. The predicted octanol–water partition coefficient (Wildman–Crippen LogP) is 3.35. The summed E-state index contributed by atoms with van der Waals surface area (Å²) in [5, 5.41) is 2.03. The molecular weight excluding hydrogens is 222 g/mol. The molecule has 2 nitrogen and oxygen atoms in total. The third-order valence-corrected chi connectivity index (χ3v) is 3.35. The van der Waals surface area contributed by atoms with E-state index in [2.05, 4.69) is 43.3 Å². The summed E-state index contributed by atoms with van der Waals surface area (Å²) in [6.45, 7) is 3.90. The van der Waals surface area contributed by atoms with Crippen LogP contribution in [-0.4, -0.2) is 11.6 Å². The van der Waals surface area contributed by atoms with E-state index in [-0.39, 0.29) is 0 Å². The van der Waals surface area contributed by atoms with Crippen molar-refractivity contribution in [2.75, 3.05) is 6.54 Å². The molecule has 2 aromatic carbocycles. The Balaban J connectivity index is 1.71. The van der Waals surface area contributed by atoms with E-state index in [4.69, 9.17) is 4.84 Å². The van der Waals surface area contributed by atoms with Gasteiger partial charge in [-0.3, -0.25) is 0 Å². The number of hydrogen-bond acceptors (Lipinski definition) is 2. The molecule has 0 N–H and O–H groups in total. The van der Waals surface area contributed by atoms with Crippen LogP contribution in [0.1, 0.15) is 16.7 Å². The summed E-state index contributed by atoms with van der Waals surface area (Å²) in [6.07, 6.45) is 1.06. The van der Waals surface area contributed by atoms with Crippen LogP contribution in [0.15, 0.2) is 48.5 Å². The van der Waals surface area contributed by atoms with Crippen LogP contribution in [0.25, 0.3) is 0 Å². The maximum atomic E-state index is 5.90. The van der Waals surface area contributed by atoms with Crippen molar-refractivity contribution >= 4 is 0 Å². The van der Waals surface area contributed by atoms with Gasteiger partial charge in [-0.25, -0.2) is 0 Å². The Morgan fingerprint density at radius 1 is 0.944 bits per heavy atom. The monoisotopic (exact) mass is 239 g/mol. The molecule has 0 fully saturated rings. The number of fused-ring (bicyclic) bond motifs is 1. The lowest BCUT2D eigenvalue weighted by Crippen LogP contribution is -2.33. The second kappa shape index (κ2) is 4.83. The Bertz CT molecular complexity index is 533. The van der Waals surface area contributed by atoms with Gasteiger partial charge in [0.25, 0.3) is 0 Å². The van der Waals surface area contributed by atoms with Gasteiger partial charge in [0.2, 0.25) is 0 Å². The Morgan fingerprint density at radius 3 is 2.44 bits per heavy atom. The summed E-state index contributed by atoms with van der Waals surface area (Å²) in [5.74, 6) is 0.917.